The van der Waals surface area contributed by atoms with Gasteiger partial charge in [0.05, 0.1) is 20.1 Å². The molecule has 0 saturated heterocycles. The van der Waals surface area contributed by atoms with Crippen LogP contribution in [0.2, 0.25) is 0 Å². The second-order valence-electron chi connectivity index (χ2n) is 6.70. The minimum atomic E-state index is 0. The van der Waals surface area contributed by atoms with Gasteiger partial charge in [-0.1, -0.05) is 78.1 Å². The summed E-state index contributed by atoms with van der Waals surface area (Å²) in [4.78, 5) is 1.76. The van der Waals surface area contributed by atoms with Crippen LogP contribution < -0.4 is 17.3 Å². The summed E-state index contributed by atoms with van der Waals surface area (Å²) >= 11 is 0. The largest absolute Gasteiger partial charge is 1.00 e. The smallest absolute Gasteiger partial charge is 0.0768 e. The number of halogens is 1. The Morgan fingerprint density at radius 2 is 0.762 bits per heavy atom. The van der Waals surface area contributed by atoms with E-state index in [1.807, 2.05) is 0 Å². The first-order valence-electron chi connectivity index (χ1n) is 9.62. The van der Waals surface area contributed by atoms with E-state index in [1.165, 1.54) is 103 Å². The summed E-state index contributed by atoms with van der Waals surface area (Å²) in [7, 11) is 2.38. The highest BCUT2D eigenvalue weighted by molar-refractivity contribution is 4.46. The molecule has 130 valence electrons. The Kier molecular flexibility index (Phi) is 22.7. The van der Waals surface area contributed by atoms with Gasteiger partial charge in [-0.3, -0.25) is 0 Å². The molecule has 0 bridgehead atoms. The third-order valence-electron chi connectivity index (χ3n) is 4.41. The van der Waals surface area contributed by atoms with Crippen LogP contribution in [0.4, 0.5) is 0 Å². The van der Waals surface area contributed by atoms with Gasteiger partial charge in [0.25, 0.3) is 0 Å². The zero-order chi connectivity index (χ0) is 14.9. The molecule has 0 atom stereocenters. The van der Waals surface area contributed by atoms with Gasteiger partial charge in [-0.2, -0.15) is 0 Å². The molecule has 0 aliphatic rings. The minimum Gasteiger partial charge on any atom is -1.00 e. The number of nitrogens with one attached hydrogen (secondary N) is 1. The summed E-state index contributed by atoms with van der Waals surface area (Å²) in [5, 5.41) is 0. The molecule has 1 nitrogen and oxygen atoms in total. The molecular weight excluding hydrogens is 278 g/mol. The summed E-state index contributed by atoms with van der Waals surface area (Å²) in [6.45, 7) is 7.37. The van der Waals surface area contributed by atoms with Gasteiger partial charge in [0, 0.05) is 0 Å². The molecule has 0 spiro atoms. The zero-order valence-corrected chi connectivity index (χ0v) is 15.9. The summed E-state index contributed by atoms with van der Waals surface area (Å²) < 4.78 is 0. The Hall–Kier alpha value is 0.250. The van der Waals surface area contributed by atoms with Gasteiger partial charge in [0.2, 0.25) is 0 Å². The Labute approximate surface area is 141 Å². The quantitative estimate of drug-likeness (QED) is 0.415. The van der Waals surface area contributed by atoms with Gasteiger partial charge in [-0.05, 0) is 25.7 Å². The highest BCUT2D eigenvalue weighted by atomic mass is 35.5. The topological polar surface area (TPSA) is 4.44 Å². The molecule has 0 radical (unpaired) electrons. The van der Waals surface area contributed by atoms with Crippen molar-refractivity contribution >= 4 is 0 Å². The lowest BCUT2D eigenvalue weighted by atomic mass is 10.1. The lowest BCUT2D eigenvalue weighted by Crippen LogP contribution is -3.09. The fraction of sp³-hybridized carbons (Fsp3) is 1.00. The maximum absolute atomic E-state index is 2.38. The highest BCUT2D eigenvalue weighted by Gasteiger charge is 2.01. The molecule has 0 saturated carbocycles. The zero-order valence-electron chi connectivity index (χ0n) is 15.2. The van der Waals surface area contributed by atoms with Crippen molar-refractivity contribution in [3.05, 3.63) is 0 Å². The minimum absolute atomic E-state index is 0. The van der Waals surface area contributed by atoms with E-state index in [-0.39, 0.29) is 12.4 Å². The summed E-state index contributed by atoms with van der Waals surface area (Å²) in [5.74, 6) is 0. The highest BCUT2D eigenvalue weighted by Crippen LogP contribution is 2.07. The maximum atomic E-state index is 2.38. The molecule has 0 aromatic carbocycles. The Morgan fingerprint density at radius 1 is 0.476 bits per heavy atom. The van der Waals surface area contributed by atoms with Crippen molar-refractivity contribution in [3.8, 4) is 0 Å². The van der Waals surface area contributed by atoms with Crippen LogP contribution in [0.5, 0.6) is 0 Å². The van der Waals surface area contributed by atoms with E-state index in [4.69, 9.17) is 0 Å². The predicted molar refractivity (Wildman–Crippen MR) is 92.6 cm³/mol. The van der Waals surface area contributed by atoms with Gasteiger partial charge in [0.1, 0.15) is 0 Å². The summed E-state index contributed by atoms with van der Waals surface area (Å²) in [5.41, 5.74) is 0. The van der Waals surface area contributed by atoms with E-state index in [2.05, 4.69) is 20.9 Å². The second kappa shape index (κ2) is 20.2. The third kappa shape index (κ3) is 20.2. The van der Waals surface area contributed by atoms with Crippen molar-refractivity contribution in [1.29, 1.82) is 0 Å². The van der Waals surface area contributed by atoms with E-state index >= 15 is 0 Å². The Balaban J connectivity index is 0. The normalized spacial score (nSPS) is 10.9. The van der Waals surface area contributed by atoms with Crippen LogP contribution in [0.25, 0.3) is 0 Å². The van der Waals surface area contributed by atoms with Crippen LogP contribution in [0.15, 0.2) is 0 Å². The monoisotopic (exact) mass is 319 g/mol. The van der Waals surface area contributed by atoms with Crippen LogP contribution in [0.1, 0.15) is 104 Å². The van der Waals surface area contributed by atoms with Crippen molar-refractivity contribution in [3.63, 3.8) is 0 Å². The van der Waals surface area contributed by atoms with E-state index in [9.17, 15) is 0 Å². The van der Waals surface area contributed by atoms with Crippen molar-refractivity contribution in [2.24, 2.45) is 0 Å². The molecule has 2 heteroatoms. The fourth-order valence-corrected chi connectivity index (χ4v) is 2.89. The van der Waals surface area contributed by atoms with Crippen molar-refractivity contribution < 1.29 is 17.3 Å². The average molecular weight is 320 g/mol. The van der Waals surface area contributed by atoms with Gasteiger partial charge >= 0.3 is 0 Å². The molecule has 0 aliphatic carbocycles. The molecule has 0 fully saturated rings. The summed E-state index contributed by atoms with van der Waals surface area (Å²) in [6.07, 6.45) is 20.2. The first kappa shape index (κ1) is 23.5. The molecule has 0 aromatic rings. The fourth-order valence-electron chi connectivity index (χ4n) is 2.89. The Bertz CT molecular complexity index is 155. The molecule has 0 rings (SSSR count). The first-order valence-corrected chi connectivity index (χ1v) is 9.62. The van der Waals surface area contributed by atoms with Gasteiger partial charge < -0.3 is 17.3 Å². The summed E-state index contributed by atoms with van der Waals surface area (Å²) in [6, 6.07) is 0. The number of quaternary nitrogens is 1. The standard InChI is InChI=1S/C19H41N.ClH/c1-4-6-8-10-12-14-16-18-20(3)19-17-15-13-11-9-7-5-2;/h4-19H2,1-3H3;1H. The predicted octanol–water partition coefficient (Wildman–Crippen LogP) is 2.01. The van der Waals surface area contributed by atoms with E-state index in [0.29, 0.717) is 0 Å². The van der Waals surface area contributed by atoms with Crippen LogP contribution in [-0.4, -0.2) is 20.1 Å². The van der Waals surface area contributed by atoms with E-state index in [0.717, 1.165) is 0 Å². The van der Waals surface area contributed by atoms with Crippen molar-refractivity contribution in [1.82, 2.24) is 0 Å². The molecule has 0 unspecified atom stereocenters. The van der Waals surface area contributed by atoms with Gasteiger partial charge in [0.15, 0.2) is 0 Å². The average Bonchev–Trinajstić information content (AvgIpc) is 2.45. The lowest BCUT2D eigenvalue weighted by Gasteiger charge is -2.13. The van der Waals surface area contributed by atoms with Crippen LogP contribution in [0, 0.1) is 0 Å². The van der Waals surface area contributed by atoms with Gasteiger partial charge in [-0.25, -0.2) is 0 Å². The molecule has 21 heavy (non-hydrogen) atoms. The van der Waals surface area contributed by atoms with Crippen LogP contribution >= 0.6 is 0 Å². The second-order valence-corrected chi connectivity index (χ2v) is 6.70. The van der Waals surface area contributed by atoms with Crippen molar-refractivity contribution in [2.45, 2.75) is 104 Å². The SMILES string of the molecule is CCCCCCCCC[NH+](C)CCCCCCCCC.[Cl-]. The van der Waals surface area contributed by atoms with Crippen LogP contribution in [-0.2, 0) is 0 Å². The number of rotatable bonds is 16. The molecule has 0 amide bonds. The number of hydrogen-bond acceptors (Lipinski definition) is 0. The lowest BCUT2D eigenvalue weighted by molar-refractivity contribution is -0.880. The molecular formula is C19H42ClN. The van der Waals surface area contributed by atoms with Crippen LogP contribution in [0.3, 0.4) is 0 Å². The molecule has 0 heterocycles. The molecule has 0 aromatic heterocycles. The van der Waals surface area contributed by atoms with Crippen molar-refractivity contribution in [2.75, 3.05) is 20.1 Å². The first-order chi connectivity index (χ1) is 9.81. The third-order valence-corrected chi connectivity index (χ3v) is 4.41. The number of hydrogen-bond donors (Lipinski definition) is 1. The van der Waals surface area contributed by atoms with E-state index < -0.39 is 0 Å². The van der Waals surface area contributed by atoms with E-state index in [1.54, 1.807) is 4.90 Å². The molecule has 0 aliphatic heterocycles. The number of unbranched alkanes of at least 4 members (excludes halogenated alkanes) is 12. The Morgan fingerprint density at radius 3 is 1.10 bits per heavy atom. The molecule has 1 N–H and O–H groups in total. The maximum Gasteiger partial charge on any atom is 0.0768 e. The van der Waals surface area contributed by atoms with Gasteiger partial charge in [-0.15, -0.1) is 0 Å².